The van der Waals surface area contributed by atoms with E-state index in [1.54, 1.807) is 38.1 Å². The number of carbonyl (C=O) groups excluding carboxylic acids is 1. The molecule has 0 bridgehead atoms. The molecule has 1 aromatic heterocycles. The maximum absolute atomic E-state index is 12.3. The molecular formula is C14H16N4O3. The van der Waals surface area contributed by atoms with E-state index in [0.717, 1.165) is 0 Å². The maximum Gasteiger partial charge on any atom is 0.326 e. The minimum Gasteiger partial charge on any atom is -0.480 e. The first-order chi connectivity index (χ1) is 10.0. The monoisotopic (exact) mass is 288 g/mol. The first kappa shape index (κ1) is 14.7. The van der Waals surface area contributed by atoms with Crippen molar-refractivity contribution >= 4 is 11.9 Å². The van der Waals surface area contributed by atoms with Crippen molar-refractivity contribution in [2.45, 2.75) is 19.9 Å². The van der Waals surface area contributed by atoms with Gasteiger partial charge in [-0.15, -0.1) is 0 Å². The molecule has 0 saturated carbocycles. The van der Waals surface area contributed by atoms with Gasteiger partial charge in [0.25, 0.3) is 5.91 Å². The lowest BCUT2D eigenvalue weighted by atomic mass is 10.0. The number of aromatic nitrogens is 3. The number of nitrogens with zero attached hydrogens (tertiary/aromatic N) is 3. The Bertz CT molecular complexity index is 637. The molecule has 0 aliphatic heterocycles. The van der Waals surface area contributed by atoms with Crippen molar-refractivity contribution < 1.29 is 14.7 Å². The van der Waals surface area contributed by atoms with Crippen LogP contribution in [-0.4, -0.2) is 37.8 Å². The number of carboxylic acid groups (broad SMARTS) is 1. The highest BCUT2D eigenvalue weighted by Gasteiger charge is 2.25. The molecule has 0 unspecified atom stereocenters. The van der Waals surface area contributed by atoms with Crippen molar-refractivity contribution in [2.24, 2.45) is 5.92 Å². The molecule has 0 spiro atoms. The standard InChI is InChI=1S/C14H16N4O3/c1-9(2)12(14(20)21)17-13(19)10-5-3-4-6-11(10)18-8-15-7-16-18/h3-9,12H,1-2H3,(H,17,19)(H,20,21)/t12-/m0/s1. The molecule has 0 radical (unpaired) electrons. The molecule has 110 valence electrons. The Morgan fingerprint density at radius 3 is 2.57 bits per heavy atom. The van der Waals surface area contributed by atoms with Crippen molar-refractivity contribution in [1.82, 2.24) is 20.1 Å². The summed E-state index contributed by atoms with van der Waals surface area (Å²) in [5.41, 5.74) is 0.885. The van der Waals surface area contributed by atoms with Crippen LogP contribution in [0.5, 0.6) is 0 Å². The molecule has 0 saturated heterocycles. The highest BCUT2D eigenvalue weighted by Crippen LogP contribution is 2.14. The van der Waals surface area contributed by atoms with Crippen LogP contribution in [0.15, 0.2) is 36.9 Å². The summed E-state index contributed by atoms with van der Waals surface area (Å²) in [5.74, 6) is -1.73. The fraction of sp³-hybridized carbons (Fsp3) is 0.286. The van der Waals surface area contributed by atoms with Crippen LogP contribution in [0.4, 0.5) is 0 Å². The first-order valence-electron chi connectivity index (χ1n) is 6.48. The third-order valence-electron chi connectivity index (χ3n) is 3.03. The number of aliphatic carboxylic acids is 1. The summed E-state index contributed by atoms with van der Waals surface area (Å²) in [7, 11) is 0. The second-order valence-corrected chi connectivity index (χ2v) is 4.89. The van der Waals surface area contributed by atoms with E-state index >= 15 is 0 Å². The third-order valence-corrected chi connectivity index (χ3v) is 3.03. The van der Waals surface area contributed by atoms with Crippen LogP contribution in [0, 0.1) is 5.92 Å². The summed E-state index contributed by atoms with van der Waals surface area (Å²) in [6.07, 6.45) is 2.84. The Morgan fingerprint density at radius 1 is 1.29 bits per heavy atom. The average molecular weight is 288 g/mol. The molecule has 2 rings (SSSR count). The van der Waals surface area contributed by atoms with Crippen LogP contribution in [0.1, 0.15) is 24.2 Å². The first-order valence-corrected chi connectivity index (χ1v) is 6.48. The number of carbonyl (C=O) groups is 2. The number of hydrogen-bond donors (Lipinski definition) is 2. The highest BCUT2D eigenvalue weighted by molar-refractivity contribution is 5.99. The van der Waals surface area contributed by atoms with Crippen LogP contribution in [-0.2, 0) is 4.79 Å². The molecule has 1 heterocycles. The van der Waals surface area contributed by atoms with Crippen molar-refractivity contribution in [3.63, 3.8) is 0 Å². The molecule has 0 fully saturated rings. The van der Waals surface area contributed by atoms with E-state index in [1.165, 1.54) is 17.3 Å². The number of rotatable bonds is 5. The largest absolute Gasteiger partial charge is 0.480 e. The van der Waals surface area contributed by atoms with Gasteiger partial charge in [0, 0.05) is 0 Å². The van der Waals surface area contributed by atoms with Crippen LogP contribution < -0.4 is 5.32 Å². The normalized spacial score (nSPS) is 12.1. The Labute approximate surface area is 121 Å². The molecule has 1 amide bonds. The van der Waals surface area contributed by atoms with E-state index in [-0.39, 0.29) is 5.92 Å². The van der Waals surface area contributed by atoms with Gasteiger partial charge < -0.3 is 10.4 Å². The number of benzene rings is 1. The molecule has 2 aromatic rings. The van der Waals surface area contributed by atoms with E-state index in [4.69, 9.17) is 5.11 Å². The van der Waals surface area contributed by atoms with Crippen LogP contribution in [0.2, 0.25) is 0 Å². The molecule has 2 N–H and O–H groups in total. The second kappa shape index (κ2) is 6.17. The van der Waals surface area contributed by atoms with Gasteiger partial charge in [0.05, 0.1) is 11.3 Å². The van der Waals surface area contributed by atoms with E-state index < -0.39 is 17.9 Å². The average Bonchev–Trinajstić information content (AvgIpc) is 2.97. The van der Waals surface area contributed by atoms with Gasteiger partial charge in [-0.1, -0.05) is 26.0 Å². The van der Waals surface area contributed by atoms with Gasteiger partial charge in [-0.2, -0.15) is 5.10 Å². The predicted molar refractivity (Wildman–Crippen MR) is 75.1 cm³/mol. The fourth-order valence-corrected chi connectivity index (χ4v) is 1.93. The zero-order valence-electron chi connectivity index (χ0n) is 11.7. The molecule has 1 aromatic carbocycles. The van der Waals surface area contributed by atoms with Gasteiger partial charge in [0.1, 0.15) is 18.7 Å². The SMILES string of the molecule is CC(C)[C@H](NC(=O)c1ccccc1-n1cncn1)C(=O)O. The Morgan fingerprint density at radius 2 is 2.00 bits per heavy atom. The molecule has 1 atom stereocenters. The smallest absolute Gasteiger partial charge is 0.326 e. The van der Waals surface area contributed by atoms with E-state index in [2.05, 4.69) is 15.4 Å². The highest BCUT2D eigenvalue weighted by atomic mass is 16.4. The lowest BCUT2D eigenvalue weighted by molar-refractivity contribution is -0.140. The minimum absolute atomic E-state index is 0.218. The van der Waals surface area contributed by atoms with Gasteiger partial charge >= 0.3 is 5.97 Å². The summed E-state index contributed by atoms with van der Waals surface area (Å²) < 4.78 is 1.46. The topological polar surface area (TPSA) is 97.1 Å². The number of para-hydroxylation sites is 1. The Hall–Kier alpha value is -2.70. The van der Waals surface area contributed by atoms with Crippen LogP contribution >= 0.6 is 0 Å². The second-order valence-electron chi connectivity index (χ2n) is 4.89. The minimum atomic E-state index is -1.06. The molecule has 0 aliphatic carbocycles. The van der Waals surface area contributed by atoms with Crippen LogP contribution in [0.25, 0.3) is 5.69 Å². The van der Waals surface area contributed by atoms with Crippen molar-refractivity contribution in [1.29, 1.82) is 0 Å². The quantitative estimate of drug-likeness (QED) is 0.859. The van der Waals surface area contributed by atoms with Crippen LogP contribution in [0.3, 0.4) is 0 Å². The van der Waals surface area contributed by atoms with Crippen molar-refractivity contribution in [3.05, 3.63) is 42.5 Å². The Balaban J connectivity index is 2.30. The molecule has 7 heteroatoms. The van der Waals surface area contributed by atoms with E-state index in [1.807, 2.05) is 0 Å². The van der Waals surface area contributed by atoms with Gasteiger partial charge in [0.15, 0.2) is 0 Å². The summed E-state index contributed by atoms with van der Waals surface area (Å²) in [4.78, 5) is 27.4. The maximum atomic E-state index is 12.3. The van der Waals surface area contributed by atoms with E-state index in [9.17, 15) is 9.59 Å². The summed E-state index contributed by atoms with van der Waals surface area (Å²) in [5, 5.41) is 15.7. The zero-order chi connectivity index (χ0) is 15.4. The van der Waals surface area contributed by atoms with Gasteiger partial charge in [-0.05, 0) is 18.1 Å². The molecule has 21 heavy (non-hydrogen) atoms. The lowest BCUT2D eigenvalue weighted by Crippen LogP contribution is -2.44. The number of carboxylic acids is 1. The van der Waals surface area contributed by atoms with Gasteiger partial charge in [-0.25, -0.2) is 14.5 Å². The Kier molecular flexibility index (Phi) is 4.32. The summed E-state index contributed by atoms with van der Waals surface area (Å²) in [6.45, 7) is 3.48. The van der Waals surface area contributed by atoms with Gasteiger partial charge in [0.2, 0.25) is 0 Å². The van der Waals surface area contributed by atoms with Crippen molar-refractivity contribution in [3.8, 4) is 5.69 Å². The predicted octanol–water partition coefficient (Wildman–Crippen LogP) is 1.11. The van der Waals surface area contributed by atoms with E-state index in [0.29, 0.717) is 11.3 Å². The lowest BCUT2D eigenvalue weighted by Gasteiger charge is -2.18. The molecule has 0 aliphatic rings. The zero-order valence-corrected chi connectivity index (χ0v) is 11.7. The molecular weight excluding hydrogens is 272 g/mol. The number of nitrogens with one attached hydrogen (secondary N) is 1. The molecule has 7 nitrogen and oxygen atoms in total. The summed E-state index contributed by atoms with van der Waals surface area (Å²) in [6, 6.07) is 5.87. The third kappa shape index (κ3) is 3.25. The number of amides is 1. The van der Waals surface area contributed by atoms with Gasteiger partial charge in [-0.3, -0.25) is 4.79 Å². The van der Waals surface area contributed by atoms with Crippen molar-refractivity contribution in [2.75, 3.05) is 0 Å². The summed E-state index contributed by atoms with van der Waals surface area (Å²) >= 11 is 0. The number of hydrogen-bond acceptors (Lipinski definition) is 4. The fourth-order valence-electron chi connectivity index (χ4n) is 1.93.